The van der Waals surface area contributed by atoms with Gasteiger partial charge in [-0.15, -0.1) is 0 Å². The Morgan fingerprint density at radius 2 is 2.26 bits per heavy atom. The molecule has 19 heavy (non-hydrogen) atoms. The lowest BCUT2D eigenvalue weighted by Crippen LogP contribution is -2.14. The molecule has 0 saturated heterocycles. The van der Waals surface area contributed by atoms with E-state index in [4.69, 9.17) is 16.3 Å². The molecule has 0 radical (unpaired) electrons. The monoisotopic (exact) mass is 278 g/mol. The molecule has 0 amide bonds. The summed E-state index contributed by atoms with van der Waals surface area (Å²) in [4.78, 5) is 12.4. The molecule has 1 aliphatic carbocycles. The minimum absolute atomic E-state index is 0.242. The lowest BCUT2D eigenvalue weighted by molar-refractivity contribution is -0.122. The molecule has 3 heteroatoms. The summed E-state index contributed by atoms with van der Waals surface area (Å²) in [6, 6.07) is 3.84. The fourth-order valence-corrected chi connectivity index (χ4v) is 3.57. The average molecular weight is 279 g/mol. The summed E-state index contributed by atoms with van der Waals surface area (Å²) >= 11 is 6.13. The van der Waals surface area contributed by atoms with Gasteiger partial charge in [0.15, 0.2) is 0 Å². The number of ketones is 1. The zero-order valence-electron chi connectivity index (χ0n) is 11.2. The predicted molar refractivity (Wildman–Crippen MR) is 75.9 cm³/mol. The highest BCUT2D eigenvalue weighted by Gasteiger charge is 2.28. The number of carbonyl (C=O) groups excluding carboxylic acids is 1. The van der Waals surface area contributed by atoms with Crippen LogP contribution in [0.15, 0.2) is 12.1 Å². The molecule has 1 heterocycles. The van der Waals surface area contributed by atoms with Crippen molar-refractivity contribution in [3.63, 3.8) is 0 Å². The van der Waals surface area contributed by atoms with Crippen molar-refractivity contribution in [1.29, 1.82) is 0 Å². The van der Waals surface area contributed by atoms with Crippen LogP contribution in [0.25, 0.3) is 0 Å². The van der Waals surface area contributed by atoms with E-state index in [1.165, 1.54) is 6.42 Å². The molecule has 1 aromatic rings. The lowest BCUT2D eigenvalue weighted by atomic mass is 9.94. The SMILES string of the molecule is CC1CCC(C(=O)Cc2cc(Cl)cc3c2OCC3)C1. The number of Topliss-reactive ketones (excluding diaryl/α,β-unsaturated/α-hetero) is 1. The van der Waals surface area contributed by atoms with Gasteiger partial charge in [0.1, 0.15) is 11.5 Å². The summed E-state index contributed by atoms with van der Waals surface area (Å²) in [5.74, 6) is 2.19. The number of halogens is 1. The van der Waals surface area contributed by atoms with Crippen molar-refractivity contribution in [2.45, 2.75) is 39.0 Å². The molecule has 0 spiro atoms. The van der Waals surface area contributed by atoms with Crippen LogP contribution in [0.3, 0.4) is 0 Å². The van der Waals surface area contributed by atoms with Crippen LogP contribution in [-0.2, 0) is 17.6 Å². The fraction of sp³-hybridized carbons (Fsp3) is 0.562. The highest BCUT2D eigenvalue weighted by atomic mass is 35.5. The number of ether oxygens (including phenoxy) is 1. The topological polar surface area (TPSA) is 26.3 Å². The van der Waals surface area contributed by atoms with Gasteiger partial charge in [-0.25, -0.2) is 0 Å². The minimum Gasteiger partial charge on any atom is -0.493 e. The number of benzene rings is 1. The molecule has 102 valence electrons. The van der Waals surface area contributed by atoms with Gasteiger partial charge >= 0.3 is 0 Å². The molecule has 1 saturated carbocycles. The van der Waals surface area contributed by atoms with Gasteiger partial charge in [-0.3, -0.25) is 4.79 Å². The molecule has 2 nitrogen and oxygen atoms in total. The van der Waals surface area contributed by atoms with E-state index >= 15 is 0 Å². The van der Waals surface area contributed by atoms with Crippen LogP contribution in [0.1, 0.15) is 37.3 Å². The van der Waals surface area contributed by atoms with E-state index in [0.29, 0.717) is 29.8 Å². The fourth-order valence-electron chi connectivity index (χ4n) is 3.31. The predicted octanol–water partition coefficient (Wildman–Crippen LogP) is 3.82. The Labute approximate surface area is 119 Å². The molecule has 2 atom stereocenters. The second kappa shape index (κ2) is 5.16. The van der Waals surface area contributed by atoms with Gasteiger partial charge < -0.3 is 4.74 Å². The summed E-state index contributed by atoms with van der Waals surface area (Å²) in [6.07, 6.45) is 4.64. The molecule has 2 unspecified atom stereocenters. The quantitative estimate of drug-likeness (QED) is 0.840. The summed E-state index contributed by atoms with van der Waals surface area (Å²) < 4.78 is 5.66. The van der Waals surface area contributed by atoms with Gasteiger partial charge in [0.05, 0.1) is 6.61 Å². The minimum atomic E-state index is 0.242. The molecule has 0 aromatic heterocycles. The first-order valence-electron chi connectivity index (χ1n) is 7.10. The van der Waals surface area contributed by atoms with Crippen LogP contribution in [-0.4, -0.2) is 12.4 Å². The Bertz CT molecular complexity index is 510. The first-order valence-corrected chi connectivity index (χ1v) is 7.48. The van der Waals surface area contributed by atoms with E-state index < -0.39 is 0 Å². The van der Waals surface area contributed by atoms with Gasteiger partial charge in [0.25, 0.3) is 0 Å². The van der Waals surface area contributed by atoms with Crippen molar-refractivity contribution in [1.82, 2.24) is 0 Å². The zero-order valence-corrected chi connectivity index (χ0v) is 12.0. The largest absolute Gasteiger partial charge is 0.493 e. The molecular formula is C16H19ClO2. The smallest absolute Gasteiger partial charge is 0.140 e. The van der Waals surface area contributed by atoms with E-state index in [-0.39, 0.29) is 5.92 Å². The molecular weight excluding hydrogens is 260 g/mol. The number of fused-ring (bicyclic) bond motifs is 1. The Morgan fingerprint density at radius 3 is 3.00 bits per heavy atom. The third-order valence-electron chi connectivity index (χ3n) is 4.34. The van der Waals surface area contributed by atoms with E-state index in [0.717, 1.165) is 36.1 Å². The van der Waals surface area contributed by atoms with Gasteiger partial charge in [-0.2, -0.15) is 0 Å². The second-order valence-corrected chi connectivity index (χ2v) is 6.35. The number of hydrogen-bond acceptors (Lipinski definition) is 2. The Kier molecular flexibility index (Phi) is 3.53. The first kappa shape index (κ1) is 13.0. The van der Waals surface area contributed by atoms with E-state index in [1.807, 2.05) is 12.1 Å². The molecule has 2 aliphatic rings. The first-order chi connectivity index (χ1) is 9.13. The normalized spacial score (nSPS) is 25.2. The van der Waals surface area contributed by atoms with Crippen molar-refractivity contribution < 1.29 is 9.53 Å². The van der Waals surface area contributed by atoms with Crippen LogP contribution in [0.2, 0.25) is 5.02 Å². The maximum atomic E-state index is 12.4. The third-order valence-corrected chi connectivity index (χ3v) is 4.56. The van der Waals surface area contributed by atoms with Crippen LogP contribution < -0.4 is 4.74 Å². The molecule has 1 aromatic carbocycles. The van der Waals surface area contributed by atoms with Crippen LogP contribution >= 0.6 is 11.6 Å². The van der Waals surface area contributed by atoms with Gasteiger partial charge in [0.2, 0.25) is 0 Å². The summed E-state index contributed by atoms with van der Waals surface area (Å²) in [5, 5.41) is 0.715. The van der Waals surface area contributed by atoms with Gasteiger partial charge in [-0.1, -0.05) is 18.5 Å². The highest BCUT2D eigenvalue weighted by Crippen LogP contribution is 2.36. The Balaban J connectivity index is 1.78. The van der Waals surface area contributed by atoms with Crippen molar-refractivity contribution in [3.8, 4) is 5.75 Å². The van der Waals surface area contributed by atoms with Crippen LogP contribution in [0.4, 0.5) is 0 Å². The van der Waals surface area contributed by atoms with Crippen LogP contribution in [0, 0.1) is 11.8 Å². The molecule has 3 rings (SSSR count). The molecule has 0 N–H and O–H groups in total. The Hall–Kier alpha value is -1.02. The van der Waals surface area contributed by atoms with E-state index in [9.17, 15) is 4.79 Å². The maximum Gasteiger partial charge on any atom is 0.140 e. The van der Waals surface area contributed by atoms with Crippen molar-refractivity contribution in [2.24, 2.45) is 11.8 Å². The van der Waals surface area contributed by atoms with Crippen molar-refractivity contribution in [2.75, 3.05) is 6.61 Å². The molecule has 1 fully saturated rings. The van der Waals surface area contributed by atoms with E-state index in [1.54, 1.807) is 0 Å². The molecule has 0 bridgehead atoms. The third kappa shape index (κ3) is 2.64. The second-order valence-electron chi connectivity index (χ2n) is 5.91. The highest BCUT2D eigenvalue weighted by molar-refractivity contribution is 6.30. The van der Waals surface area contributed by atoms with Crippen molar-refractivity contribution >= 4 is 17.4 Å². The number of hydrogen-bond donors (Lipinski definition) is 0. The van der Waals surface area contributed by atoms with Gasteiger partial charge in [-0.05, 0) is 42.9 Å². The standard InChI is InChI=1S/C16H19ClO2/c1-10-2-3-11(6-10)15(18)9-13-8-14(17)7-12-4-5-19-16(12)13/h7-8,10-11H,2-6,9H2,1H3. The summed E-state index contributed by atoms with van der Waals surface area (Å²) in [6.45, 7) is 2.94. The number of rotatable bonds is 3. The lowest BCUT2D eigenvalue weighted by Gasteiger charge is -2.12. The number of carbonyl (C=O) groups is 1. The summed E-state index contributed by atoms with van der Waals surface area (Å²) in [5.41, 5.74) is 2.12. The maximum absolute atomic E-state index is 12.4. The average Bonchev–Trinajstić information content (AvgIpc) is 2.97. The van der Waals surface area contributed by atoms with Crippen LogP contribution in [0.5, 0.6) is 5.75 Å². The zero-order chi connectivity index (χ0) is 13.4. The molecule has 1 aliphatic heterocycles. The van der Waals surface area contributed by atoms with Crippen molar-refractivity contribution in [3.05, 3.63) is 28.3 Å². The Morgan fingerprint density at radius 1 is 1.42 bits per heavy atom. The van der Waals surface area contributed by atoms with E-state index in [2.05, 4.69) is 6.92 Å². The summed E-state index contributed by atoms with van der Waals surface area (Å²) in [7, 11) is 0. The van der Waals surface area contributed by atoms with Gasteiger partial charge in [0, 0.05) is 29.3 Å².